The largest absolute Gasteiger partial charge is 0.495 e. The molecule has 1 aromatic carbocycles. The smallest absolute Gasteiger partial charge is 0.488 e. The Bertz CT molecular complexity index is 286. The summed E-state index contributed by atoms with van der Waals surface area (Å²) in [5.41, 5.74) is 0.348. The number of methoxy groups -OCH3 is 1. The van der Waals surface area contributed by atoms with Crippen molar-refractivity contribution in [3.63, 3.8) is 0 Å². The molecule has 0 fully saturated rings. The molecule has 0 aliphatic heterocycles. The minimum atomic E-state index is -1.49. The quantitative estimate of drug-likeness (QED) is 0.669. The lowest BCUT2D eigenvalue weighted by molar-refractivity contribution is 0.414. The van der Waals surface area contributed by atoms with E-state index in [0.29, 0.717) is 16.2 Å². The molecule has 0 aliphatic carbocycles. The highest BCUT2D eigenvalue weighted by molar-refractivity contribution is 6.59. The first-order valence-corrected chi connectivity index (χ1v) is 3.72. The first kappa shape index (κ1) is 9.38. The van der Waals surface area contributed by atoms with Crippen LogP contribution in [0.25, 0.3) is 0 Å². The van der Waals surface area contributed by atoms with Crippen molar-refractivity contribution in [3.8, 4) is 5.75 Å². The maximum atomic E-state index is 8.77. The SMILES string of the molecule is COc1ccc(B(O)O)cc1Cl.[HH].[HH]. The van der Waals surface area contributed by atoms with Gasteiger partial charge in [-0.1, -0.05) is 17.7 Å². The molecule has 12 heavy (non-hydrogen) atoms. The maximum absolute atomic E-state index is 8.77. The van der Waals surface area contributed by atoms with E-state index in [4.69, 9.17) is 26.4 Å². The average Bonchev–Trinajstić information content (AvgIpc) is 2.04. The van der Waals surface area contributed by atoms with E-state index in [1.807, 2.05) is 0 Å². The zero-order valence-electron chi connectivity index (χ0n) is 6.49. The number of hydrogen-bond donors (Lipinski definition) is 2. The van der Waals surface area contributed by atoms with Crippen molar-refractivity contribution in [2.24, 2.45) is 0 Å². The van der Waals surface area contributed by atoms with Crippen LogP contribution in [-0.2, 0) is 0 Å². The van der Waals surface area contributed by atoms with Gasteiger partial charge in [0.05, 0.1) is 12.1 Å². The van der Waals surface area contributed by atoms with Gasteiger partial charge in [-0.15, -0.1) is 0 Å². The van der Waals surface area contributed by atoms with Crippen LogP contribution >= 0.6 is 11.6 Å². The maximum Gasteiger partial charge on any atom is 0.488 e. The molecule has 0 atom stereocenters. The molecule has 0 bridgehead atoms. The average molecular weight is 190 g/mol. The van der Waals surface area contributed by atoms with Crippen LogP contribution < -0.4 is 10.2 Å². The van der Waals surface area contributed by atoms with Gasteiger partial charge in [0.1, 0.15) is 5.75 Å². The molecular weight excluding hydrogens is 178 g/mol. The van der Waals surface area contributed by atoms with Gasteiger partial charge in [0.2, 0.25) is 0 Å². The topological polar surface area (TPSA) is 49.7 Å². The van der Waals surface area contributed by atoms with Gasteiger partial charge in [-0.05, 0) is 17.6 Å². The van der Waals surface area contributed by atoms with Crippen LogP contribution in [0.1, 0.15) is 2.85 Å². The van der Waals surface area contributed by atoms with Crippen molar-refractivity contribution in [2.45, 2.75) is 0 Å². The zero-order valence-corrected chi connectivity index (χ0v) is 7.25. The Balaban J connectivity index is 0. The summed E-state index contributed by atoms with van der Waals surface area (Å²) in [7, 11) is 0.00407. The summed E-state index contributed by atoms with van der Waals surface area (Å²) in [5, 5.41) is 17.9. The van der Waals surface area contributed by atoms with Crippen molar-refractivity contribution < 1.29 is 17.6 Å². The van der Waals surface area contributed by atoms with Gasteiger partial charge < -0.3 is 14.8 Å². The van der Waals surface area contributed by atoms with E-state index in [9.17, 15) is 0 Å². The van der Waals surface area contributed by atoms with Gasteiger partial charge in [0.25, 0.3) is 0 Å². The first-order valence-electron chi connectivity index (χ1n) is 3.34. The van der Waals surface area contributed by atoms with E-state index in [1.54, 1.807) is 6.07 Å². The number of benzene rings is 1. The normalized spacial score (nSPS) is 9.67. The summed E-state index contributed by atoms with van der Waals surface area (Å²) in [5.74, 6) is 0.515. The standard InChI is InChI=1S/C7H8BClO3.2H2/c1-12-7-3-2-5(8(10)11)4-6(7)9;;/h2-4,10-11H,1H3;2*1H. The summed E-state index contributed by atoms with van der Waals surface area (Å²) >= 11 is 5.73. The van der Waals surface area contributed by atoms with Crippen LogP contribution in [0.4, 0.5) is 0 Å². The fourth-order valence-electron chi connectivity index (χ4n) is 0.843. The van der Waals surface area contributed by atoms with E-state index in [1.165, 1.54) is 19.2 Å². The Morgan fingerprint density at radius 1 is 1.50 bits per heavy atom. The summed E-state index contributed by atoms with van der Waals surface area (Å²) in [6.07, 6.45) is 0. The van der Waals surface area contributed by atoms with Gasteiger partial charge >= 0.3 is 7.12 Å². The van der Waals surface area contributed by atoms with Crippen LogP contribution in [-0.4, -0.2) is 24.3 Å². The number of ether oxygens (including phenoxy) is 1. The first-order chi connectivity index (χ1) is 5.65. The van der Waals surface area contributed by atoms with Crippen LogP contribution in [0.5, 0.6) is 5.75 Å². The second-order valence-electron chi connectivity index (χ2n) is 2.27. The Hall–Kier alpha value is -0.705. The fraction of sp³-hybridized carbons (Fsp3) is 0.143. The Labute approximate surface area is 78.7 Å². The van der Waals surface area contributed by atoms with E-state index in [0.717, 1.165) is 0 Å². The molecule has 1 aromatic rings. The molecular formula is C7H12BClO3. The highest BCUT2D eigenvalue weighted by atomic mass is 35.5. The molecule has 0 unspecified atom stereocenters. The number of rotatable bonds is 2. The monoisotopic (exact) mass is 190 g/mol. The number of halogens is 1. The van der Waals surface area contributed by atoms with Gasteiger partial charge in [-0.3, -0.25) is 0 Å². The molecule has 2 N–H and O–H groups in total. The van der Waals surface area contributed by atoms with Gasteiger partial charge in [-0.25, -0.2) is 0 Å². The highest BCUT2D eigenvalue weighted by Crippen LogP contribution is 2.21. The summed E-state index contributed by atoms with van der Waals surface area (Å²) in [6.45, 7) is 0. The second kappa shape index (κ2) is 3.80. The van der Waals surface area contributed by atoms with Crippen LogP contribution in [0, 0.1) is 0 Å². The van der Waals surface area contributed by atoms with Gasteiger partial charge in [0.15, 0.2) is 0 Å². The van der Waals surface area contributed by atoms with Crippen LogP contribution in [0.2, 0.25) is 5.02 Å². The van der Waals surface area contributed by atoms with E-state index >= 15 is 0 Å². The number of hydrogen-bond acceptors (Lipinski definition) is 3. The predicted octanol–water partition coefficient (Wildman–Crippen LogP) is 0.520. The molecule has 0 saturated heterocycles. The van der Waals surface area contributed by atoms with E-state index < -0.39 is 7.12 Å². The molecule has 0 aliphatic rings. The third kappa shape index (κ3) is 1.91. The van der Waals surface area contributed by atoms with E-state index in [-0.39, 0.29) is 2.85 Å². The van der Waals surface area contributed by atoms with E-state index in [2.05, 4.69) is 0 Å². The Kier molecular flexibility index (Phi) is 2.97. The summed E-state index contributed by atoms with van der Waals surface area (Å²) in [4.78, 5) is 0. The Morgan fingerprint density at radius 3 is 2.58 bits per heavy atom. The molecule has 0 spiro atoms. The van der Waals surface area contributed by atoms with Crippen LogP contribution in [0.3, 0.4) is 0 Å². The molecule has 1 rings (SSSR count). The minimum Gasteiger partial charge on any atom is -0.495 e. The molecule has 68 valence electrons. The van der Waals surface area contributed by atoms with Crippen molar-refractivity contribution in [1.82, 2.24) is 0 Å². The van der Waals surface area contributed by atoms with Crippen molar-refractivity contribution in [1.29, 1.82) is 0 Å². The third-order valence-corrected chi connectivity index (χ3v) is 1.77. The lowest BCUT2D eigenvalue weighted by Gasteiger charge is -2.04. The molecule has 5 heteroatoms. The van der Waals surface area contributed by atoms with Crippen molar-refractivity contribution >= 4 is 24.2 Å². The lowest BCUT2D eigenvalue weighted by atomic mass is 9.80. The van der Waals surface area contributed by atoms with Gasteiger partial charge in [-0.2, -0.15) is 0 Å². The highest BCUT2D eigenvalue weighted by Gasteiger charge is 2.12. The molecule has 0 amide bonds. The van der Waals surface area contributed by atoms with Gasteiger partial charge in [0, 0.05) is 2.85 Å². The minimum absolute atomic E-state index is 0. The third-order valence-electron chi connectivity index (χ3n) is 1.47. The summed E-state index contributed by atoms with van der Waals surface area (Å²) < 4.78 is 4.88. The summed E-state index contributed by atoms with van der Waals surface area (Å²) in [6, 6.07) is 4.57. The fourth-order valence-corrected chi connectivity index (χ4v) is 1.11. The molecule has 0 saturated carbocycles. The Morgan fingerprint density at radius 2 is 2.17 bits per heavy atom. The lowest BCUT2D eigenvalue weighted by Crippen LogP contribution is -2.29. The van der Waals surface area contributed by atoms with Crippen molar-refractivity contribution in [2.75, 3.05) is 7.11 Å². The molecule has 0 radical (unpaired) electrons. The molecule has 0 heterocycles. The zero-order chi connectivity index (χ0) is 9.14. The predicted molar refractivity (Wildman–Crippen MR) is 52.1 cm³/mol. The second-order valence-corrected chi connectivity index (χ2v) is 2.67. The van der Waals surface area contributed by atoms with Crippen molar-refractivity contribution in [3.05, 3.63) is 23.2 Å². The van der Waals surface area contributed by atoms with Crippen LogP contribution in [0.15, 0.2) is 18.2 Å². The molecule has 3 nitrogen and oxygen atoms in total. The molecule has 0 aromatic heterocycles.